The lowest BCUT2D eigenvalue weighted by Gasteiger charge is -2.43. The molecule has 1 aromatic carbocycles. The SMILES string of the molecule is C[C@]1(C2CCN(C(=O)CC3CCCC3)CC2)CCCCN(Cc2ccccc2)C1=O. The summed E-state index contributed by atoms with van der Waals surface area (Å²) in [5.74, 6) is 1.68. The Bertz CT molecular complexity index is 720. The van der Waals surface area contributed by atoms with Gasteiger partial charge in [-0.3, -0.25) is 9.59 Å². The van der Waals surface area contributed by atoms with Gasteiger partial charge in [-0.05, 0) is 55.9 Å². The number of carbonyl (C=O) groups excluding carboxylic acids is 2. The van der Waals surface area contributed by atoms with Crippen molar-refractivity contribution in [3.05, 3.63) is 35.9 Å². The highest BCUT2D eigenvalue weighted by atomic mass is 16.2. The molecule has 0 radical (unpaired) electrons. The molecule has 1 aromatic rings. The van der Waals surface area contributed by atoms with E-state index in [1.807, 2.05) is 6.07 Å². The minimum absolute atomic E-state index is 0.286. The Hall–Kier alpha value is -1.84. The van der Waals surface area contributed by atoms with Crippen LogP contribution in [0.25, 0.3) is 0 Å². The molecule has 0 bridgehead atoms. The summed E-state index contributed by atoms with van der Waals surface area (Å²) in [6, 6.07) is 10.4. The molecule has 2 saturated heterocycles. The largest absolute Gasteiger partial charge is 0.343 e. The zero-order valence-corrected chi connectivity index (χ0v) is 18.7. The van der Waals surface area contributed by atoms with Gasteiger partial charge in [0.15, 0.2) is 0 Å². The lowest BCUT2D eigenvalue weighted by atomic mass is 9.69. The van der Waals surface area contributed by atoms with Crippen LogP contribution in [0.15, 0.2) is 30.3 Å². The van der Waals surface area contributed by atoms with E-state index in [1.165, 1.54) is 31.2 Å². The van der Waals surface area contributed by atoms with E-state index in [-0.39, 0.29) is 5.41 Å². The number of likely N-dealkylation sites (tertiary alicyclic amines) is 2. The highest BCUT2D eigenvalue weighted by Crippen LogP contribution is 2.43. The predicted molar refractivity (Wildman–Crippen MR) is 120 cm³/mol. The zero-order chi connectivity index (χ0) is 21.0. The second-order valence-electron chi connectivity index (χ2n) is 10.1. The van der Waals surface area contributed by atoms with Crippen molar-refractivity contribution in [3.63, 3.8) is 0 Å². The Morgan fingerprint density at radius 3 is 2.37 bits per heavy atom. The minimum atomic E-state index is -0.286. The van der Waals surface area contributed by atoms with Gasteiger partial charge in [-0.2, -0.15) is 0 Å². The maximum atomic E-state index is 13.7. The number of rotatable bonds is 5. The number of piperidine rings is 1. The number of hydrogen-bond donors (Lipinski definition) is 0. The number of hydrogen-bond acceptors (Lipinski definition) is 2. The maximum Gasteiger partial charge on any atom is 0.229 e. The Morgan fingerprint density at radius 2 is 1.67 bits per heavy atom. The Morgan fingerprint density at radius 1 is 0.967 bits per heavy atom. The van der Waals surface area contributed by atoms with E-state index in [4.69, 9.17) is 0 Å². The van der Waals surface area contributed by atoms with Crippen molar-refractivity contribution in [2.45, 2.75) is 77.7 Å². The second-order valence-corrected chi connectivity index (χ2v) is 10.1. The molecule has 2 aliphatic heterocycles. The minimum Gasteiger partial charge on any atom is -0.343 e. The quantitative estimate of drug-likeness (QED) is 0.683. The molecule has 2 amide bonds. The highest BCUT2D eigenvalue weighted by Gasteiger charge is 2.45. The van der Waals surface area contributed by atoms with Crippen LogP contribution in [0.2, 0.25) is 0 Å². The fourth-order valence-corrected chi connectivity index (χ4v) is 6.05. The van der Waals surface area contributed by atoms with Gasteiger partial charge >= 0.3 is 0 Å². The number of amides is 2. The van der Waals surface area contributed by atoms with Crippen LogP contribution in [0.3, 0.4) is 0 Å². The second kappa shape index (κ2) is 9.53. The summed E-state index contributed by atoms with van der Waals surface area (Å²) in [5, 5.41) is 0. The molecule has 30 heavy (non-hydrogen) atoms. The molecular formula is C26H38N2O2. The van der Waals surface area contributed by atoms with Crippen LogP contribution in [0, 0.1) is 17.3 Å². The number of carbonyl (C=O) groups is 2. The molecule has 1 aliphatic carbocycles. The third kappa shape index (κ3) is 4.73. The monoisotopic (exact) mass is 410 g/mol. The van der Waals surface area contributed by atoms with Crippen molar-refractivity contribution < 1.29 is 9.59 Å². The van der Waals surface area contributed by atoms with Gasteiger partial charge in [0, 0.05) is 38.0 Å². The lowest BCUT2D eigenvalue weighted by Crippen LogP contribution is -2.49. The molecule has 2 heterocycles. The van der Waals surface area contributed by atoms with Crippen LogP contribution in [0.5, 0.6) is 0 Å². The molecule has 4 heteroatoms. The van der Waals surface area contributed by atoms with Crippen molar-refractivity contribution >= 4 is 11.8 Å². The Labute approximate surface area is 182 Å². The first kappa shape index (κ1) is 21.4. The molecule has 1 atom stereocenters. The van der Waals surface area contributed by atoms with E-state index in [0.29, 0.717) is 30.2 Å². The van der Waals surface area contributed by atoms with E-state index in [1.54, 1.807) is 0 Å². The van der Waals surface area contributed by atoms with Crippen LogP contribution < -0.4 is 0 Å². The zero-order valence-electron chi connectivity index (χ0n) is 18.7. The van der Waals surface area contributed by atoms with Crippen LogP contribution in [-0.2, 0) is 16.1 Å². The van der Waals surface area contributed by atoms with E-state index in [0.717, 1.165) is 58.2 Å². The molecule has 1 saturated carbocycles. The maximum absolute atomic E-state index is 13.7. The van der Waals surface area contributed by atoms with Crippen LogP contribution in [-0.4, -0.2) is 41.2 Å². The van der Waals surface area contributed by atoms with Crippen molar-refractivity contribution in [2.75, 3.05) is 19.6 Å². The summed E-state index contributed by atoms with van der Waals surface area (Å²) in [4.78, 5) is 30.6. The molecule has 3 fully saturated rings. The first-order chi connectivity index (χ1) is 14.6. The summed E-state index contributed by atoms with van der Waals surface area (Å²) in [6.45, 7) is 5.45. The molecule has 0 N–H and O–H groups in total. The van der Waals surface area contributed by atoms with E-state index in [9.17, 15) is 9.59 Å². The first-order valence-corrected chi connectivity index (χ1v) is 12.2. The summed E-state index contributed by atoms with van der Waals surface area (Å²) >= 11 is 0. The Kier molecular flexibility index (Phi) is 6.80. The van der Waals surface area contributed by atoms with Gasteiger partial charge in [-0.25, -0.2) is 0 Å². The van der Waals surface area contributed by atoms with Gasteiger partial charge in [-0.1, -0.05) is 56.5 Å². The van der Waals surface area contributed by atoms with Gasteiger partial charge in [0.1, 0.15) is 0 Å². The standard InChI is InChI=1S/C26H38N2O2/c1-26(15-7-8-16-28(25(26)30)20-22-11-3-2-4-12-22)23-13-17-27(18-14-23)24(29)19-21-9-5-6-10-21/h2-4,11-12,21,23H,5-10,13-20H2,1H3/t26-/m1/s1. The third-order valence-corrected chi connectivity index (χ3v) is 8.05. The molecule has 3 aliphatic rings. The van der Waals surface area contributed by atoms with Crippen molar-refractivity contribution in [3.8, 4) is 0 Å². The summed E-state index contributed by atoms with van der Waals surface area (Å²) < 4.78 is 0. The Balaban J connectivity index is 1.37. The van der Waals surface area contributed by atoms with Crippen LogP contribution in [0.4, 0.5) is 0 Å². The van der Waals surface area contributed by atoms with Gasteiger partial charge < -0.3 is 9.80 Å². The van der Waals surface area contributed by atoms with Gasteiger partial charge in [-0.15, -0.1) is 0 Å². The summed E-state index contributed by atoms with van der Waals surface area (Å²) in [5.41, 5.74) is 0.925. The summed E-state index contributed by atoms with van der Waals surface area (Å²) in [7, 11) is 0. The predicted octanol–water partition coefficient (Wildman–Crippen LogP) is 5.02. The van der Waals surface area contributed by atoms with Crippen molar-refractivity contribution in [1.82, 2.24) is 9.80 Å². The highest BCUT2D eigenvalue weighted by molar-refractivity contribution is 5.83. The average molecular weight is 411 g/mol. The van der Waals surface area contributed by atoms with Gasteiger partial charge in [0.2, 0.25) is 11.8 Å². The van der Waals surface area contributed by atoms with E-state index in [2.05, 4.69) is 41.0 Å². The van der Waals surface area contributed by atoms with E-state index < -0.39 is 0 Å². The molecule has 0 spiro atoms. The molecule has 4 rings (SSSR count). The molecule has 4 nitrogen and oxygen atoms in total. The van der Waals surface area contributed by atoms with Crippen LogP contribution >= 0.6 is 0 Å². The molecule has 0 unspecified atom stereocenters. The smallest absolute Gasteiger partial charge is 0.229 e. The third-order valence-electron chi connectivity index (χ3n) is 8.05. The fraction of sp³-hybridized carbons (Fsp3) is 0.692. The molecule has 0 aromatic heterocycles. The van der Waals surface area contributed by atoms with E-state index >= 15 is 0 Å². The average Bonchev–Trinajstić information content (AvgIpc) is 3.24. The fourth-order valence-electron chi connectivity index (χ4n) is 6.05. The lowest BCUT2D eigenvalue weighted by molar-refractivity contribution is -0.146. The number of benzene rings is 1. The topological polar surface area (TPSA) is 40.6 Å². The molecular weight excluding hydrogens is 372 g/mol. The molecule has 164 valence electrons. The van der Waals surface area contributed by atoms with Crippen LogP contribution in [0.1, 0.15) is 76.7 Å². The van der Waals surface area contributed by atoms with Crippen molar-refractivity contribution in [1.29, 1.82) is 0 Å². The number of nitrogens with zero attached hydrogens (tertiary/aromatic N) is 2. The first-order valence-electron chi connectivity index (χ1n) is 12.2. The normalized spacial score (nSPS) is 26.8. The van der Waals surface area contributed by atoms with Crippen molar-refractivity contribution in [2.24, 2.45) is 17.3 Å². The van der Waals surface area contributed by atoms with Gasteiger partial charge in [0.25, 0.3) is 0 Å². The summed E-state index contributed by atoms with van der Waals surface area (Å²) in [6.07, 6.45) is 10.9. The van der Waals surface area contributed by atoms with Gasteiger partial charge in [0.05, 0.1) is 0 Å².